The minimum absolute atomic E-state index is 0.0517. The van der Waals surface area contributed by atoms with Crippen LogP contribution in [0.3, 0.4) is 0 Å². The summed E-state index contributed by atoms with van der Waals surface area (Å²) in [6.07, 6.45) is 1.46. The van der Waals surface area contributed by atoms with Crippen molar-refractivity contribution in [3.8, 4) is 17.1 Å². The number of imide groups is 1. The predicted molar refractivity (Wildman–Crippen MR) is 125 cm³/mol. The van der Waals surface area contributed by atoms with Crippen LogP contribution in [0.1, 0.15) is 11.3 Å². The fourth-order valence-electron chi connectivity index (χ4n) is 3.18. The number of carbonyl (C=O) groups is 2. The zero-order valence-electron chi connectivity index (χ0n) is 16.9. The molecule has 0 N–H and O–H groups in total. The first-order chi connectivity index (χ1) is 15.8. The zero-order chi connectivity index (χ0) is 23.7. The van der Waals surface area contributed by atoms with Crippen molar-refractivity contribution in [2.24, 2.45) is 0 Å². The van der Waals surface area contributed by atoms with Crippen LogP contribution < -0.4 is 4.74 Å². The SMILES string of the molecule is COc1cc([N+](=O)[O-])ccc1-c1ccc(/C=C2/SC(=O)N(Cc3c(Cl)cccc3Cl)C2=O)o1. The van der Waals surface area contributed by atoms with Crippen LogP contribution in [0.2, 0.25) is 10.0 Å². The van der Waals surface area contributed by atoms with Crippen LogP contribution in [0, 0.1) is 10.1 Å². The molecule has 0 spiro atoms. The normalized spacial score (nSPS) is 14.9. The lowest BCUT2D eigenvalue weighted by Crippen LogP contribution is -2.27. The number of nitrogens with zero attached hydrogens (tertiary/aromatic N) is 2. The Bertz CT molecular complexity index is 1300. The molecule has 8 nitrogen and oxygen atoms in total. The number of hydrogen-bond acceptors (Lipinski definition) is 7. The van der Waals surface area contributed by atoms with Gasteiger partial charge in [-0.25, -0.2) is 0 Å². The first-order valence-corrected chi connectivity index (χ1v) is 11.0. The van der Waals surface area contributed by atoms with Gasteiger partial charge < -0.3 is 9.15 Å². The number of benzene rings is 2. The van der Waals surface area contributed by atoms with Crippen molar-refractivity contribution in [2.45, 2.75) is 6.54 Å². The van der Waals surface area contributed by atoms with E-state index < -0.39 is 16.1 Å². The zero-order valence-corrected chi connectivity index (χ0v) is 19.2. The number of hydrogen-bond donors (Lipinski definition) is 0. The number of carbonyl (C=O) groups excluding carboxylic acids is 2. The first kappa shape index (κ1) is 22.9. The Kier molecular flexibility index (Phi) is 6.46. The molecule has 1 aromatic heterocycles. The number of furan rings is 1. The molecule has 0 atom stereocenters. The summed E-state index contributed by atoms with van der Waals surface area (Å²) in [6.45, 7) is -0.0517. The van der Waals surface area contributed by atoms with Gasteiger partial charge in [0.25, 0.3) is 16.8 Å². The fourth-order valence-corrected chi connectivity index (χ4v) is 4.51. The molecule has 1 aliphatic rings. The molecular weight excluding hydrogens is 491 g/mol. The summed E-state index contributed by atoms with van der Waals surface area (Å²) >= 11 is 13.1. The summed E-state index contributed by atoms with van der Waals surface area (Å²) in [7, 11) is 1.40. The minimum atomic E-state index is -0.522. The van der Waals surface area contributed by atoms with Crippen LogP contribution in [0.5, 0.6) is 5.75 Å². The second-order valence-electron chi connectivity index (χ2n) is 6.81. The van der Waals surface area contributed by atoms with Crippen molar-refractivity contribution < 1.29 is 23.7 Å². The molecule has 0 saturated carbocycles. The van der Waals surface area contributed by atoms with E-state index in [1.807, 2.05) is 0 Å². The van der Waals surface area contributed by atoms with Gasteiger partial charge in [0.15, 0.2) is 0 Å². The second-order valence-corrected chi connectivity index (χ2v) is 8.62. The van der Waals surface area contributed by atoms with Gasteiger partial charge in [-0.15, -0.1) is 0 Å². The molecule has 0 bridgehead atoms. The molecule has 2 heterocycles. The van der Waals surface area contributed by atoms with Crippen LogP contribution in [-0.4, -0.2) is 28.1 Å². The van der Waals surface area contributed by atoms with Crippen molar-refractivity contribution in [1.82, 2.24) is 4.90 Å². The van der Waals surface area contributed by atoms with E-state index in [2.05, 4.69) is 0 Å². The highest BCUT2D eigenvalue weighted by Crippen LogP contribution is 2.38. The fraction of sp³-hybridized carbons (Fsp3) is 0.0909. The van der Waals surface area contributed by atoms with E-state index in [4.69, 9.17) is 32.4 Å². The molecule has 2 aromatic carbocycles. The Labute approximate surface area is 201 Å². The molecule has 1 saturated heterocycles. The summed E-state index contributed by atoms with van der Waals surface area (Å²) in [5.41, 5.74) is 0.869. The van der Waals surface area contributed by atoms with Crippen molar-refractivity contribution in [3.63, 3.8) is 0 Å². The van der Waals surface area contributed by atoms with Gasteiger partial charge in [0.1, 0.15) is 17.3 Å². The van der Waals surface area contributed by atoms with Gasteiger partial charge >= 0.3 is 0 Å². The predicted octanol–water partition coefficient (Wildman–Crippen LogP) is 6.41. The summed E-state index contributed by atoms with van der Waals surface area (Å²) in [5, 5.41) is 11.3. The highest BCUT2D eigenvalue weighted by molar-refractivity contribution is 8.18. The maximum absolute atomic E-state index is 12.8. The van der Waals surface area contributed by atoms with Gasteiger partial charge in [-0.2, -0.15) is 0 Å². The smallest absolute Gasteiger partial charge is 0.293 e. The molecule has 0 unspecified atom stereocenters. The number of rotatable bonds is 6. The van der Waals surface area contributed by atoms with E-state index in [9.17, 15) is 19.7 Å². The average molecular weight is 505 g/mol. The lowest BCUT2D eigenvalue weighted by Gasteiger charge is -2.14. The molecule has 2 amide bonds. The number of ether oxygens (including phenoxy) is 1. The third kappa shape index (κ3) is 4.61. The summed E-state index contributed by atoms with van der Waals surface area (Å²) in [6, 6.07) is 12.4. The van der Waals surface area contributed by atoms with Gasteiger partial charge in [0.2, 0.25) is 0 Å². The van der Waals surface area contributed by atoms with E-state index >= 15 is 0 Å². The Morgan fingerprint density at radius 2 is 1.88 bits per heavy atom. The molecular formula is C22H14Cl2N2O6S. The Balaban J connectivity index is 1.58. The number of thioether (sulfide) groups is 1. The third-order valence-electron chi connectivity index (χ3n) is 4.81. The number of nitro benzene ring substituents is 1. The third-order valence-corrected chi connectivity index (χ3v) is 6.43. The van der Waals surface area contributed by atoms with E-state index in [0.29, 0.717) is 32.7 Å². The highest BCUT2D eigenvalue weighted by atomic mass is 35.5. The van der Waals surface area contributed by atoms with Gasteiger partial charge in [-0.1, -0.05) is 29.3 Å². The van der Waals surface area contributed by atoms with Crippen LogP contribution >= 0.6 is 35.0 Å². The maximum atomic E-state index is 12.8. The first-order valence-electron chi connectivity index (χ1n) is 9.39. The monoisotopic (exact) mass is 504 g/mol. The lowest BCUT2D eigenvalue weighted by atomic mass is 10.1. The minimum Gasteiger partial charge on any atom is -0.496 e. The summed E-state index contributed by atoms with van der Waals surface area (Å²) in [4.78, 5) is 37.0. The number of methoxy groups -OCH3 is 1. The van der Waals surface area contributed by atoms with Crippen LogP contribution in [0.25, 0.3) is 17.4 Å². The topological polar surface area (TPSA) is 103 Å². The number of non-ortho nitro benzene ring substituents is 1. The number of halogens is 2. The molecule has 3 aromatic rings. The van der Waals surface area contributed by atoms with E-state index in [1.54, 1.807) is 30.3 Å². The largest absolute Gasteiger partial charge is 0.496 e. The number of nitro groups is 1. The van der Waals surface area contributed by atoms with Crippen LogP contribution in [-0.2, 0) is 11.3 Å². The molecule has 0 radical (unpaired) electrons. The van der Waals surface area contributed by atoms with E-state index in [-0.39, 0.29) is 22.9 Å². The molecule has 33 heavy (non-hydrogen) atoms. The molecule has 1 fully saturated rings. The summed E-state index contributed by atoms with van der Waals surface area (Å²) in [5.74, 6) is 0.482. The van der Waals surface area contributed by atoms with E-state index in [1.165, 1.54) is 31.4 Å². The molecule has 168 valence electrons. The van der Waals surface area contributed by atoms with Crippen molar-refractivity contribution in [1.29, 1.82) is 0 Å². The Morgan fingerprint density at radius 3 is 2.55 bits per heavy atom. The van der Waals surface area contributed by atoms with Crippen molar-refractivity contribution in [2.75, 3.05) is 7.11 Å². The van der Waals surface area contributed by atoms with Crippen LogP contribution in [0.4, 0.5) is 10.5 Å². The summed E-state index contributed by atoms with van der Waals surface area (Å²) < 4.78 is 11.0. The Hall–Kier alpha value is -3.27. The molecule has 11 heteroatoms. The molecule has 4 rings (SSSR count). The average Bonchev–Trinajstić information content (AvgIpc) is 3.35. The standard InChI is InChI=1S/C22H14Cl2N2O6S/c1-31-19-9-12(26(29)30)5-7-14(19)18-8-6-13(32-18)10-20-21(27)25(22(28)33-20)11-15-16(23)3-2-4-17(15)24/h2-10H,11H2,1H3/b20-10+. The maximum Gasteiger partial charge on any atom is 0.293 e. The number of amides is 2. The van der Waals surface area contributed by atoms with E-state index in [0.717, 1.165) is 16.7 Å². The van der Waals surface area contributed by atoms with Crippen molar-refractivity contribution >= 4 is 57.9 Å². The Morgan fingerprint density at radius 1 is 1.15 bits per heavy atom. The quantitative estimate of drug-likeness (QED) is 0.217. The highest BCUT2D eigenvalue weighted by Gasteiger charge is 2.36. The molecule has 1 aliphatic heterocycles. The van der Waals surface area contributed by atoms with Gasteiger partial charge in [0.05, 0.1) is 35.1 Å². The second kappa shape index (κ2) is 9.30. The van der Waals surface area contributed by atoms with Gasteiger partial charge in [-0.05, 0) is 42.1 Å². The molecule has 0 aliphatic carbocycles. The van der Waals surface area contributed by atoms with Gasteiger partial charge in [-0.3, -0.25) is 24.6 Å². The van der Waals surface area contributed by atoms with Crippen LogP contribution in [0.15, 0.2) is 57.9 Å². The lowest BCUT2D eigenvalue weighted by molar-refractivity contribution is -0.384. The van der Waals surface area contributed by atoms with Crippen molar-refractivity contribution in [3.05, 3.63) is 84.9 Å². The van der Waals surface area contributed by atoms with Gasteiger partial charge in [0, 0.05) is 27.8 Å².